The van der Waals surface area contributed by atoms with Crippen molar-refractivity contribution >= 4 is 0 Å². The normalized spacial score (nSPS) is 14.3. The first-order valence-corrected chi connectivity index (χ1v) is 5.27. The number of hydrogen-bond acceptors (Lipinski definition) is 1. The summed E-state index contributed by atoms with van der Waals surface area (Å²) in [4.78, 5) is 0. The molecule has 0 fully saturated rings. The standard InChI is InChI=1S/C13H22O/c1-4-5-6-7-8-9-13(10-11-14)12(2)3/h4-8,12-14H,1,9-11H2,2-3H3/b6-5-,8-7-. The minimum Gasteiger partial charge on any atom is -0.396 e. The van der Waals surface area contributed by atoms with Crippen molar-refractivity contribution in [3.05, 3.63) is 37.0 Å². The van der Waals surface area contributed by atoms with E-state index < -0.39 is 0 Å². The summed E-state index contributed by atoms with van der Waals surface area (Å²) in [7, 11) is 0. The summed E-state index contributed by atoms with van der Waals surface area (Å²) in [6.45, 7) is 8.29. The summed E-state index contributed by atoms with van der Waals surface area (Å²) in [6, 6.07) is 0. The highest BCUT2D eigenvalue weighted by molar-refractivity contribution is 5.08. The third kappa shape index (κ3) is 6.67. The molecule has 0 amide bonds. The van der Waals surface area contributed by atoms with Gasteiger partial charge in [-0.15, -0.1) is 0 Å². The molecular weight excluding hydrogens is 172 g/mol. The zero-order valence-corrected chi connectivity index (χ0v) is 9.32. The lowest BCUT2D eigenvalue weighted by atomic mass is 9.90. The Morgan fingerprint density at radius 3 is 2.43 bits per heavy atom. The quantitative estimate of drug-likeness (QED) is 0.616. The Balaban J connectivity index is 3.86. The van der Waals surface area contributed by atoms with Crippen LogP contribution in [-0.2, 0) is 0 Å². The van der Waals surface area contributed by atoms with Gasteiger partial charge in [0.1, 0.15) is 0 Å². The van der Waals surface area contributed by atoms with E-state index in [0.29, 0.717) is 18.4 Å². The average Bonchev–Trinajstić information content (AvgIpc) is 2.15. The Morgan fingerprint density at radius 1 is 1.21 bits per heavy atom. The van der Waals surface area contributed by atoms with Crippen LogP contribution in [0.5, 0.6) is 0 Å². The summed E-state index contributed by atoms with van der Waals surface area (Å²) in [5.74, 6) is 1.23. The zero-order chi connectivity index (χ0) is 10.8. The first-order valence-electron chi connectivity index (χ1n) is 5.27. The van der Waals surface area contributed by atoms with Crippen molar-refractivity contribution in [3.63, 3.8) is 0 Å². The first kappa shape index (κ1) is 13.2. The molecule has 0 rings (SSSR count). The maximum absolute atomic E-state index is 8.87. The maximum atomic E-state index is 8.87. The van der Waals surface area contributed by atoms with Crippen LogP contribution >= 0.6 is 0 Å². The van der Waals surface area contributed by atoms with Gasteiger partial charge < -0.3 is 5.11 Å². The van der Waals surface area contributed by atoms with Crippen LogP contribution < -0.4 is 0 Å². The molecule has 14 heavy (non-hydrogen) atoms. The Morgan fingerprint density at radius 2 is 1.93 bits per heavy atom. The molecule has 0 radical (unpaired) electrons. The van der Waals surface area contributed by atoms with E-state index in [1.165, 1.54) is 0 Å². The molecule has 0 bridgehead atoms. The van der Waals surface area contributed by atoms with Gasteiger partial charge in [0, 0.05) is 6.61 Å². The average molecular weight is 194 g/mol. The van der Waals surface area contributed by atoms with Crippen molar-refractivity contribution in [3.8, 4) is 0 Å². The van der Waals surface area contributed by atoms with Gasteiger partial charge in [-0.3, -0.25) is 0 Å². The zero-order valence-electron chi connectivity index (χ0n) is 9.32. The highest BCUT2D eigenvalue weighted by Gasteiger charge is 2.10. The monoisotopic (exact) mass is 194 g/mol. The van der Waals surface area contributed by atoms with Crippen LogP contribution in [0.4, 0.5) is 0 Å². The summed E-state index contributed by atoms with van der Waals surface area (Å²) in [5, 5.41) is 8.87. The minimum absolute atomic E-state index is 0.291. The van der Waals surface area contributed by atoms with Gasteiger partial charge in [0.25, 0.3) is 0 Å². The smallest absolute Gasteiger partial charge is 0.0433 e. The van der Waals surface area contributed by atoms with Crippen LogP contribution in [0.15, 0.2) is 37.0 Å². The van der Waals surface area contributed by atoms with Gasteiger partial charge in [-0.05, 0) is 24.7 Å². The molecule has 1 nitrogen and oxygen atoms in total. The second kappa shape index (κ2) is 8.76. The number of aliphatic hydroxyl groups is 1. The topological polar surface area (TPSA) is 20.2 Å². The Labute approximate surface area is 87.8 Å². The highest BCUT2D eigenvalue weighted by atomic mass is 16.3. The molecule has 1 unspecified atom stereocenters. The summed E-state index contributed by atoms with van der Waals surface area (Å²) in [5.41, 5.74) is 0. The number of hydrogen-bond donors (Lipinski definition) is 1. The van der Waals surface area contributed by atoms with Gasteiger partial charge in [-0.25, -0.2) is 0 Å². The molecule has 0 heterocycles. The molecule has 0 aromatic carbocycles. The molecule has 0 saturated carbocycles. The maximum Gasteiger partial charge on any atom is 0.0433 e. The van der Waals surface area contributed by atoms with Gasteiger partial charge in [-0.1, -0.05) is 50.8 Å². The second-order valence-corrected chi connectivity index (χ2v) is 3.80. The van der Waals surface area contributed by atoms with E-state index in [1.807, 2.05) is 18.2 Å². The summed E-state index contributed by atoms with van der Waals surface area (Å²) < 4.78 is 0. The molecule has 0 aliphatic heterocycles. The van der Waals surface area contributed by atoms with Crippen LogP contribution in [0.3, 0.4) is 0 Å². The van der Waals surface area contributed by atoms with Crippen molar-refractivity contribution in [1.82, 2.24) is 0 Å². The number of rotatable bonds is 7. The van der Waals surface area contributed by atoms with E-state index in [2.05, 4.69) is 26.5 Å². The summed E-state index contributed by atoms with van der Waals surface area (Å²) in [6.07, 6.45) is 11.8. The van der Waals surface area contributed by atoms with E-state index in [-0.39, 0.29) is 0 Å². The first-order chi connectivity index (χ1) is 6.72. The molecule has 0 spiro atoms. The molecule has 0 aromatic rings. The van der Waals surface area contributed by atoms with Gasteiger partial charge in [0.15, 0.2) is 0 Å². The van der Waals surface area contributed by atoms with E-state index in [9.17, 15) is 0 Å². The fraction of sp³-hybridized carbons (Fsp3) is 0.538. The highest BCUT2D eigenvalue weighted by Crippen LogP contribution is 2.19. The molecule has 80 valence electrons. The van der Waals surface area contributed by atoms with E-state index in [4.69, 9.17) is 5.11 Å². The third-order valence-electron chi connectivity index (χ3n) is 2.38. The van der Waals surface area contributed by atoms with Crippen molar-refractivity contribution in [2.45, 2.75) is 26.7 Å². The lowest BCUT2D eigenvalue weighted by Gasteiger charge is -2.17. The van der Waals surface area contributed by atoms with Crippen LogP contribution in [0.25, 0.3) is 0 Å². The Bertz CT molecular complexity index is 189. The molecule has 1 atom stereocenters. The van der Waals surface area contributed by atoms with Gasteiger partial charge in [0.05, 0.1) is 0 Å². The summed E-state index contributed by atoms with van der Waals surface area (Å²) >= 11 is 0. The molecule has 0 aliphatic carbocycles. The van der Waals surface area contributed by atoms with Crippen molar-refractivity contribution in [2.75, 3.05) is 6.61 Å². The van der Waals surface area contributed by atoms with Gasteiger partial charge in [-0.2, -0.15) is 0 Å². The van der Waals surface area contributed by atoms with Crippen molar-refractivity contribution in [1.29, 1.82) is 0 Å². The largest absolute Gasteiger partial charge is 0.396 e. The van der Waals surface area contributed by atoms with E-state index in [1.54, 1.807) is 6.08 Å². The predicted molar refractivity (Wildman–Crippen MR) is 63.1 cm³/mol. The molecule has 0 saturated heterocycles. The van der Waals surface area contributed by atoms with Crippen LogP contribution in [0, 0.1) is 11.8 Å². The van der Waals surface area contributed by atoms with Crippen LogP contribution in [0.1, 0.15) is 26.7 Å². The lowest BCUT2D eigenvalue weighted by molar-refractivity contribution is 0.232. The molecule has 1 heteroatoms. The predicted octanol–water partition coefficient (Wildman–Crippen LogP) is 3.33. The molecule has 0 aromatic heterocycles. The van der Waals surface area contributed by atoms with E-state index in [0.717, 1.165) is 12.8 Å². The number of aliphatic hydroxyl groups excluding tert-OH is 1. The van der Waals surface area contributed by atoms with Gasteiger partial charge >= 0.3 is 0 Å². The second-order valence-electron chi connectivity index (χ2n) is 3.80. The minimum atomic E-state index is 0.291. The molecule has 0 aliphatic rings. The SMILES string of the molecule is C=C/C=C\C=C/CC(CCO)C(C)C. The van der Waals surface area contributed by atoms with Gasteiger partial charge in [0.2, 0.25) is 0 Å². The fourth-order valence-electron chi connectivity index (χ4n) is 1.36. The lowest BCUT2D eigenvalue weighted by Crippen LogP contribution is -2.09. The Kier molecular flexibility index (Phi) is 8.25. The van der Waals surface area contributed by atoms with E-state index >= 15 is 0 Å². The van der Waals surface area contributed by atoms with Crippen molar-refractivity contribution in [2.24, 2.45) is 11.8 Å². The number of allylic oxidation sites excluding steroid dienone is 5. The Hall–Kier alpha value is -0.820. The van der Waals surface area contributed by atoms with Crippen LogP contribution in [-0.4, -0.2) is 11.7 Å². The third-order valence-corrected chi connectivity index (χ3v) is 2.38. The van der Waals surface area contributed by atoms with Crippen molar-refractivity contribution < 1.29 is 5.11 Å². The fourth-order valence-corrected chi connectivity index (χ4v) is 1.36. The molecular formula is C13H22O. The van der Waals surface area contributed by atoms with Crippen LogP contribution in [0.2, 0.25) is 0 Å². The molecule has 1 N–H and O–H groups in total.